The van der Waals surface area contributed by atoms with Crippen molar-refractivity contribution in [3.8, 4) is 17.2 Å². The maximum absolute atomic E-state index is 12.4. The zero-order valence-corrected chi connectivity index (χ0v) is 18.5. The van der Waals surface area contributed by atoms with Gasteiger partial charge in [0, 0.05) is 11.8 Å². The Hall–Kier alpha value is -2.83. The summed E-state index contributed by atoms with van der Waals surface area (Å²) in [6, 6.07) is 22.2. The summed E-state index contributed by atoms with van der Waals surface area (Å²) in [4.78, 5) is 10.2. The Balaban J connectivity index is 1.34. The number of ether oxygens (including phenoxy) is 2. The molecule has 0 bridgehead atoms. The average molecular weight is 457 g/mol. The van der Waals surface area contributed by atoms with Crippen molar-refractivity contribution in [2.24, 2.45) is 0 Å². The summed E-state index contributed by atoms with van der Waals surface area (Å²) in [5.41, 5.74) is 1.08. The summed E-state index contributed by atoms with van der Waals surface area (Å²) in [7, 11) is -3.56. The summed E-state index contributed by atoms with van der Waals surface area (Å²) in [5.74, 6) is 1.29. The molecule has 0 saturated heterocycles. The summed E-state index contributed by atoms with van der Waals surface area (Å²) in [5, 5.41) is 22.8. The monoisotopic (exact) mass is 457 g/mol. The van der Waals surface area contributed by atoms with Crippen molar-refractivity contribution < 1.29 is 29.1 Å². The highest BCUT2D eigenvalue weighted by Gasteiger charge is 2.21. The van der Waals surface area contributed by atoms with Gasteiger partial charge in [0.25, 0.3) is 7.37 Å². The molecular formula is C24H28NO6P. The van der Waals surface area contributed by atoms with Crippen LogP contribution in [0.3, 0.4) is 0 Å². The van der Waals surface area contributed by atoms with E-state index in [1.807, 2.05) is 12.1 Å². The molecule has 8 heteroatoms. The Morgan fingerprint density at radius 2 is 1.50 bits per heavy atom. The van der Waals surface area contributed by atoms with Gasteiger partial charge in [0.15, 0.2) is 6.35 Å². The minimum absolute atomic E-state index is 0.154. The van der Waals surface area contributed by atoms with Gasteiger partial charge in [-0.3, -0.25) is 4.57 Å². The van der Waals surface area contributed by atoms with Gasteiger partial charge in [-0.05, 0) is 67.1 Å². The normalized spacial score (nSPS) is 13.8. The third-order valence-corrected chi connectivity index (χ3v) is 6.32. The minimum atomic E-state index is -3.56. The molecule has 0 aliphatic heterocycles. The molecule has 0 aliphatic carbocycles. The Labute approximate surface area is 187 Å². The lowest BCUT2D eigenvalue weighted by Gasteiger charge is -2.14. The van der Waals surface area contributed by atoms with Crippen molar-refractivity contribution in [3.63, 3.8) is 0 Å². The molecule has 32 heavy (non-hydrogen) atoms. The average Bonchev–Trinajstić information content (AvgIpc) is 2.81. The fourth-order valence-electron chi connectivity index (χ4n) is 2.94. The van der Waals surface area contributed by atoms with Crippen molar-refractivity contribution in [2.75, 3.05) is 26.0 Å². The molecule has 0 heterocycles. The van der Waals surface area contributed by atoms with E-state index < -0.39 is 13.5 Å². The quantitative estimate of drug-likeness (QED) is 0.245. The molecule has 0 amide bonds. The Kier molecular flexibility index (Phi) is 8.71. The van der Waals surface area contributed by atoms with Crippen LogP contribution in [0.1, 0.15) is 5.56 Å². The third-order valence-electron chi connectivity index (χ3n) is 4.74. The molecule has 4 N–H and O–H groups in total. The lowest BCUT2D eigenvalue weighted by atomic mass is 10.1. The van der Waals surface area contributed by atoms with Gasteiger partial charge in [-0.2, -0.15) is 0 Å². The first kappa shape index (κ1) is 23.8. The highest BCUT2D eigenvalue weighted by atomic mass is 31.2. The first-order valence-electron chi connectivity index (χ1n) is 10.3. The first-order valence-corrected chi connectivity index (χ1v) is 12.2. The van der Waals surface area contributed by atoms with Crippen LogP contribution >= 0.6 is 7.37 Å². The number of hydrogen-bond donors (Lipinski definition) is 4. The van der Waals surface area contributed by atoms with E-state index in [-0.39, 0.29) is 18.7 Å². The number of nitrogens with one attached hydrogen (secondary N) is 1. The van der Waals surface area contributed by atoms with Gasteiger partial charge in [0.1, 0.15) is 30.0 Å². The molecule has 170 valence electrons. The Bertz CT molecular complexity index is 995. The van der Waals surface area contributed by atoms with Crippen molar-refractivity contribution in [2.45, 2.75) is 12.5 Å². The maximum Gasteiger partial charge on any atom is 0.265 e. The van der Waals surface area contributed by atoms with Crippen LogP contribution in [-0.4, -0.2) is 47.3 Å². The fraction of sp³-hybridized carbons (Fsp3) is 0.250. The number of rotatable bonds is 12. The molecule has 7 nitrogen and oxygen atoms in total. The molecule has 0 aromatic heterocycles. The molecule has 0 aliphatic rings. The fourth-order valence-corrected chi connectivity index (χ4v) is 4.06. The lowest BCUT2D eigenvalue weighted by Crippen LogP contribution is -2.32. The van der Waals surface area contributed by atoms with Crippen molar-refractivity contribution in [1.82, 2.24) is 5.32 Å². The minimum Gasteiger partial charge on any atom is -0.508 e. The molecule has 3 aromatic rings. The standard InChI is InChI=1S/C24H28NO6P/c26-20-8-12-22(13-9-20)30-17-21(27)16-25-15-14-19-6-10-23(11-7-19)31-18-32(28,29)24-4-2-1-3-5-24/h1-13,21,25-27H,14-18H2,(H,28,29). The van der Waals surface area contributed by atoms with Gasteiger partial charge in [-0.25, -0.2) is 0 Å². The number of phenols is 1. The number of benzene rings is 3. The molecular weight excluding hydrogens is 429 g/mol. The number of aromatic hydroxyl groups is 1. The number of aliphatic hydroxyl groups excluding tert-OH is 1. The number of hydrogen-bond acceptors (Lipinski definition) is 6. The smallest absolute Gasteiger partial charge is 0.265 e. The van der Waals surface area contributed by atoms with Crippen molar-refractivity contribution in [3.05, 3.63) is 84.4 Å². The van der Waals surface area contributed by atoms with Gasteiger partial charge in [0.2, 0.25) is 0 Å². The van der Waals surface area contributed by atoms with E-state index in [1.165, 1.54) is 12.1 Å². The predicted octanol–water partition coefficient (Wildman–Crippen LogP) is 2.90. The van der Waals surface area contributed by atoms with Crippen LogP contribution in [0.2, 0.25) is 0 Å². The molecule has 0 fully saturated rings. The second kappa shape index (κ2) is 11.7. The summed E-state index contributed by atoms with van der Waals surface area (Å²) in [6.07, 6.45) is -0.172. The molecule has 3 aromatic carbocycles. The largest absolute Gasteiger partial charge is 0.508 e. The van der Waals surface area contributed by atoms with E-state index in [2.05, 4.69) is 5.32 Å². The van der Waals surface area contributed by atoms with Crippen molar-refractivity contribution >= 4 is 12.7 Å². The number of phenolic OH excluding ortho intramolecular Hbond substituents is 1. The highest BCUT2D eigenvalue weighted by molar-refractivity contribution is 7.65. The van der Waals surface area contributed by atoms with E-state index in [1.54, 1.807) is 54.6 Å². The van der Waals surface area contributed by atoms with E-state index in [0.29, 0.717) is 29.9 Å². The third kappa shape index (κ3) is 7.70. The van der Waals surface area contributed by atoms with Gasteiger partial charge in [-0.15, -0.1) is 0 Å². The topological polar surface area (TPSA) is 108 Å². The van der Waals surface area contributed by atoms with Gasteiger partial charge in [-0.1, -0.05) is 30.3 Å². The summed E-state index contributed by atoms with van der Waals surface area (Å²) in [6.45, 7) is 1.22. The van der Waals surface area contributed by atoms with E-state index in [0.717, 1.165) is 12.0 Å². The van der Waals surface area contributed by atoms with Crippen LogP contribution < -0.4 is 20.1 Å². The summed E-state index contributed by atoms with van der Waals surface area (Å²) >= 11 is 0. The second-order valence-electron chi connectivity index (χ2n) is 7.37. The second-order valence-corrected chi connectivity index (χ2v) is 9.55. The lowest BCUT2D eigenvalue weighted by molar-refractivity contribution is 0.106. The van der Waals surface area contributed by atoms with Gasteiger partial charge < -0.3 is 29.9 Å². The van der Waals surface area contributed by atoms with E-state index in [4.69, 9.17) is 9.47 Å². The maximum atomic E-state index is 12.4. The zero-order valence-electron chi connectivity index (χ0n) is 17.6. The molecule has 0 spiro atoms. The SMILES string of the molecule is O=P(O)(COc1ccc(CCNCC(O)COc2ccc(O)cc2)cc1)c1ccccc1. The molecule has 2 unspecified atom stereocenters. The Morgan fingerprint density at radius 3 is 2.19 bits per heavy atom. The predicted molar refractivity (Wildman–Crippen MR) is 124 cm³/mol. The van der Waals surface area contributed by atoms with Crippen LogP contribution in [0.15, 0.2) is 78.9 Å². The molecule has 0 saturated carbocycles. The van der Waals surface area contributed by atoms with Crippen LogP contribution in [0.4, 0.5) is 0 Å². The van der Waals surface area contributed by atoms with Gasteiger partial charge >= 0.3 is 0 Å². The highest BCUT2D eigenvalue weighted by Crippen LogP contribution is 2.39. The van der Waals surface area contributed by atoms with Crippen LogP contribution in [0, 0.1) is 0 Å². The van der Waals surface area contributed by atoms with E-state index in [9.17, 15) is 19.7 Å². The van der Waals surface area contributed by atoms with Gasteiger partial charge in [0.05, 0.1) is 0 Å². The molecule has 3 rings (SSSR count). The summed E-state index contributed by atoms with van der Waals surface area (Å²) < 4.78 is 23.4. The Morgan fingerprint density at radius 1 is 0.875 bits per heavy atom. The zero-order chi connectivity index (χ0) is 22.8. The molecule has 0 radical (unpaired) electrons. The molecule has 2 atom stereocenters. The van der Waals surface area contributed by atoms with E-state index >= 15 is 0 Å². The van der Waals surface area contributed by atoms with Crippen LogP contribution in [-0.2, 0) is 11.0 Å². The van der Waals surface area contributed by atoms with Crippen molar-refractivity contribution in [1.29, 1.82) is 0 Å². The van der Waals surface area contributed by atoms with Crippen LogP contribution in [0.5, 0.6) is 17.2 Å². The first-order chi connectivity index (χ1) is 15.4. The van der Waals surface area contributed by atoms with Crippen LogP contribution in [0.25, 0.3) is 0 Å². The number of aliphatic hydroxyl groups is 1.